The minimum Gasteiger partial charge on any atom is -0.357 e. The number of anilines is 1. The van der Waals surface area contributed by atoms with Crippen LogP contribution >= 0.6 is 11.6 Å². The smallest absolute Gasteiger partial charge is 0.224 e. The van der Waals surface area contributed by atoms with Gasteiger partial charge < -0.3 is 5.32 Å². The second-order valence-electron chi connectivity index (χ2n) is 3.51. The Kier molecular flexibility index (Phi) is 2.97. The fourth-order valence-electron chi connectivity index (χ4n) is 1.46. The van der Waals surface area contributed by atoms with Gasteiger partial charge in [-0.3, -0.25) is 0 Å². The first-order valence-electron chi connectivity index (χ1n) is 4.97. The zero-order valence-corrected chi connectivity index (χ0v) is 10.4. The zero-order chi connectivity index (χ0) is 12.6. The summed E-state index contributed by atoms with van der Waals surface area (Å²) in [4.78, 5) is 7.79. The summed E-state index contributed by atoms with van der Waals surface area (Å²) in [6, 6.07) is 0. The Labute approximate surface area is 103 Å². The van der Waals surface area contributed by atoms with E-state index in [1.807, 2.05) is 0 Å². The standard InChI is InChI=1S/C10H11ClFN5/c1-5-8(11)6(2)17(16-5)9-7(12)4-14-10(13-3)15-9/h4H,1-3H3,(H,13,14,15). The van der Waals surface area contributed by atoms with Crippen LogP contribution in [0.25, 0.3) is 5.82 Å². The van der Waals surface area contributed by atoms with Gasteiger partial charge in [0.1, 0.15) is 0 Å². The number of nitrogens with zero attached hydrogens (tertiary/aromatic N) is 4. The van der Waals surface area contributed by atoms with Gasteiger partial charge in [0.25, 0.3) is 0 Å². The first kappa shape index (κ1) is 11.8. The second kappa shape index (κ2) is 4.29. The van der Waals surface area contributed by atoms with Gasteiger partial charge in [-0.15, -0.1) is 0 Å². The fraction of sp³-hybridized carbons (Fsp3) is 0.300. The summed E-state index contributed by atoms with van der Waals surface area (Å²) in [5, 5.41) is 7.39. The molecule has 0 aliphatic rings. The van der Waals surface area contributed by atoms with E-state index in [1.165, 1.54) is 4.68 Å². The SMILES string of the molecule is CNc1ncc(F)c(-n2nc(C)c(Cl)c2C)n1. The van der Waals surface area contributed by atoms with Crippen molar-refractivity contribution < 1.29 is 4.39 Å². The van der Waals surface area contributed by atoms with Crippen molar-refractivity contribution in [3.05, 3.63) is 28.4 Å². The largest absolute Gasteiger partial charge is 0.357 e. The van der Waals surface area contributed by atoms with Crippen molar-refractivity contribution in [3.8, 4) is 5.82 Å². The van der Waals surface area contributed by atoms with Crippen LogP contribution in [-0.2, 0) is 0 Å². The van der Waals surface area contributed by atoms with Crippen LogP contribution in [0.4, 0.5) is 10.3 Å². The summed E-state index contributed by atoms with van der Waals surface area (Å²) < 4.78 is 15.0. The zero-order valence-electron chi connectivity index (χ0n) is 9.62. The molecule has 0 spiro atoms. The Balaban J connectivity index is 2.63. The van der Waals surface area contributed by atoms with Crippen molar-refractivity contribution >= 4 is 17.5 Å². The van der Waals surface area contributed by atoms with E-state index in [9.17, 15) is 4.39 Å². The van der Waals surface area contributed by atoms with E-state index in [0.29, 0.717) is 22.4 Å². The summed E-state index contributed by atoms with van der Waals surface area (Å²) in [6.45, 7) is 3.51. The third kappa shape index (κ3) is 1.95. The van der Waals surface area contributed by atoms with Gasteiger partial charge in [0, 0.05) is 7.05 Å². The molecule has 5 nitrogen and oxygen atoms in total. The molecule has 2 aromatic heterocycles. The highest BCUT2D eigenvalue weighted by atomic mass is 35.5. The molecular weight excluding hydrogens is 245 g/mol. The Hall–Kier alpha value is -1.69. The van der Waals surface area contributed by atoms with Gasteiger partial charge in [0.15, 0.2) is 11.6 Å². The molecule has 0 bridgehead atoms. The third-order valence-corrected chi connectivity index (χ3v) is 2.90. The third-order valence-electron chi connectivity index (χ3n) is 2.35. The maximum atomic E-state index is 13.7. The molecule has 2 aromatic rings. The van der Waals surface area contributed by atoms with Crippen molar-refractivity contribution in [1.82, 2.24) is 19.7 Å². The number of hydrogen-bond acceptors (Lipinski definition) is 4. The summed E-state index contributed by atoms with van der Waals surface area (Å²) >= 11 is 6.01. The molecule has 17 heavy (non-hydrogen) atoms. The van der Waals surface area contributed by atoms with Gasteiger partial charge in [0.05, 0.1) is 22.6 Å². The lowest BCUT2D eigenvalue weighted by molar-refractivity contribution is 0.590. The monoisotopic (exact) mass is 255 g/mol. The van der Waals surface area contributed by atoms with Gasteiger partial charge >= 0.3 is 0 Å². The van der Waals surface area contributed by atoms with Crippen LogP contribution in [0.2, 0.25) is 5.02 Å². The summed E-state index contributed by atoms with van der Waals surface area (Å²) in [7, 11) is 1.66. The van der Waals surface area contributed by atoms with Crippen LogP contribution in [0.3, 0.4) is 0 Å². The Bertz CT molecular complexity index is 566. The molecule has 90 valence electrons. The minimum absolute atomic E-state index is 0.0804. The molecule has 0 aliphatic carbocycles. The Morgan fingerprint density at radius 3 is 2.65 bits per heavy atom. The normalized spacial score (nSPS) is 10.6. The van der Waals surface area contributed by atoms with Crippen molar-refractivity contribution in [2.24, 2.45) is 0 Å². The molecular formula is C10H11ClFN5. The molecule has 1 N–H and O–H groups in total. The molecule has 0 unspecified atom stereocenters. The molecule has 0 amide bonds. The molecule has 0 radical (unpaired) electrons. The lowest BCUT2D eigenvalue weighted by atomic mass is 10.4. The van der Waals surface area contributed by atoms with Crippen LogP contribution < -0.4 is 5.32 Å². The predicted octanol–water partition coefficient (Wildman–Crippen LogP) is 2.11. The van der Waals surface area contributed by atoms with Gasteiger partial charge in [-0.2, -0.15) is 10.1 Å². The summed E-state index contributed by atoms with van der Waals surface area (Å²) in [5.74, 6) is -0.145. The topological polar surface area (TPSA) is 55.6 Å². The number of aryl methyl sites for hydroxylation is 1. The van der Waals surface area contributed by atoms with Crippen LogP contribution in [0.5, 0.6) is 0 Å². The number of hydrogen-bond donors (Lipinski definition) is 1. The van der Waals surface area contributed by atoms with E-state index in [0.717, 1.165) is 6.20 Å². The fourth-order valence-corrected chi connectivity index (χ4v) is 1.57. The van der Waals surface area contributed by atoms with Crippen LogP contribution in [0, 0.1) is 19.7 Å². The molecule has 2 rings (SSSR count). The quantitative estimate of drug-likeness (QED) is 0.893. The Morgan fingerprint density at radius 2 is 2.12 bits per heavy atom. The maximum Gasteiger partial charge on any atom is 0.224 e. The van der Waals surface area contributed by atoms with E-state index in [1.54, 1.807) is 20.9 Å². The van der Waals surface area contributed by atoms with E-state index >= 15 is 0 Å². The number of aromatic nitrogens is 4. The molecule has 2 heterocycles. The highest BCUT2D eigenvalue weighted by Gasteiger charge is 2.16. The van der Waals surface area contributed by atoms with Crippen molar-refractivity contribution in [2.75, 3.05) is 12.4 Å². The second-order valence-corrected chi connectivity index (χ2v) is 3.89. The van der Waals surface area contributed by atoms with E-state index < -0.39 is 5.82 Å². The molecule has 0 aromatic carbocycles. The summed E-state index contributed by atoms with van der Waals surface area (Å²) in [5.41, 5.74) is 1.28. The minimum atomic E-state index is -0.550. The average molecular weight is 256 g/mol. The van der Waals surface area contributed by atoms with Crippen LogP contribution in [0.1, 0.15) is 11.4 Å². The predicted molar refractivity (Wildman–Crippen MR) is 63.1 cm³/mol. The van der Waals surface area contributed by atoms with Crippen molar-refractivity contribution in [2.45, 2.75) is 13.8 Å². The highest BCUT2D eigenvalue weighted by molar-refractivity contribution is 6.31. The maximum absolute atomic E-state index is 13.7. The molecule has 0 fully saturated rings. The van der Waals surface area contributed by atoms with Gasteiger partial charge in [-0.1, -0.05) is 11.6 Å². The first-order chi connectivity index (χ1) is 8.04. The van der Waals surface area contributed by atoms with Crippen molar-refractivity contribution in [1.29, 1.82) is 0 Å². The molecule has 7 heteroatoms. The number of rotatable bonds is 2. The van der Waals surface area contributed by atoms with Crippen molar-refractivity contribution in [3.63, 3.8) is 0 Å². The molecule has 0 atom stereocenters. The number of nitrogens with one attached hydrogen (secondary N) is 1. The highest BCUT2D eigenvalue weighted by Crippen LogP contribution is 2.22. The Morgan fingerprint density at radius 1 is 1.41 bits per heavy atom. The van der Waals surface area contributed by atoms with E-state index in [-0.39, 0.29) is 5.82 Å². The van der Waals surface area contributed by atoms with Gasteiger partial charge in [-0.25, -0.2) is 14.1 Å². The van der Waals surface area contributed by atoms with Gasteiger partial charge in [0.2, 0.25) is 5.95 Å². The van der Waals surface area contributed by atoms with Crippen LogP contribution in [-0.4, -0.2) is 26.8 Å². The van der Waals surface area contributed by atoms with Gasteiger partial charge in [-0.05, 0) is 13.8 Å². The lowest BCUT2D eigenvalue weighted by Crippen LogP contribution is -2.08. The molecule has 0 aliphatic heterocycles. The molecule has 0 saturated heterocycles. The molecule has 0 saturated carbocycles. The first-order valence-corrected chi connectivity index (χ1v) is 5.34. The average Bonchev–Trinajstić information content (AvgIpc) is 2.58. The summed E-state index contributed by atoms with van der Waals surface area (Å²) in [6.07, 6.45) is 1.10. The van der Waals surface area contributed by atoms with E-state index in [4.69, 9.17) is 11.6 Å². The lowest BCUT2D eigenvalue weighted by Gasteiger charge is -2.06. The number of halogens is 2. The van der Waals surface area contributed by atoms with E-state index in [2.05, 4.69) is 20.4 Å². The van der Waals surface area contributed by atoms with Crippen LogP contribution in [0.15, 0.2) is 6.20 Å².